The van der Waals surface area contributed by atoms with E-state index in [0.717, 1.165) is 118 Å². The molecule has 298 valence electrons. The van der Waals surface area contributed by atoms with Crippen LogP contribution < -0.4 is 31.4 Å². The Kier molecular flexibility index (Phi) is 9.16. The van der Waals surface area contributed by atoms with Crippen molar-refractivity contribution >= 4 is 78.1 Å². The number of benzene rings is 2. The SMILES string of the molecule is C[C@@H]1CNc2c(sc3ccc4nc(-c5ccc(N6CCN(CC7CCN(c8ccc9c(c8)n(C)c(=O)n9C8CCC(=O)NC8=O)CC7)CC6)cn5)ccc4c23)C(=O)N1. The summed E-state index contributed by atoms with van der Waals surface area (Å²) in [7, 11) is 1.74. The van der Waals surface area contributed by atoms with Gasteiger partial charge in [-0.05, 0) is 86.7 Å². The minimum atomic E-state index is -0.681. The second-order valence-corrected chi connectivity index (χ2v) is 17.3. The molecule has 3 saturated heterocycles. The fourth-order valence-corrected chi connectivity index (χ4v) is 10.4. The second-order valence-electron chi connectivity index (χ2n) is 16.2. The highest BCUT2D eigenvalue weighted by Crippen LogP contribution is 2.41. The Hall–Kier alpha value is -5.80. The first-order valence-electron chi connectivity index (χ1n) is 20.3. The molecule has 1 unspecified atom stereocenters. The molecule has 0 radical (unpaired) electrons. The molecule has 4 aliphatic heterocycles. The van der Waals surface area contributed by atoms with E-state index in [1.165, 1.54) is 11.3 Å². The van der Waals surface area contributed by atoms with E-state index in [4.69, 9.17) is 9.97 Å². The third-order valence-corrected chi connectivity index (χ3v) is 13.7. The van der Waals surface area contributed by atoms with E-state index in [-0.39, 0.29) is 30.0 Å². The quantitative estimate of drug-likeness (QED) is 0.202. The molecule has 3 amide bonds. The fraction of sp³-hybridized carbons (Fsp3) is 0.395. The number of pyridine rings is 2. The summed E-state index contributed by atoms with van der Waals surface area (Å²) in [5, 5.41) is 11.0. The molecule has 3 N–H and O–H groups in total. The summed E-state index contributed by atoms with van der Waals surface area (Å²) in [4.78, 5) is 68.4. The van der Waals surface area contributed by atoms with Crippen molar-refractivity contribution in [2.75, 3.05) is 67.5 Å². The van der Waals surface area contributed by atoms with Crippen LogP contribution in [0.25, 0.3) is 43.4 Å². The van der Waals surface area contributed by atoms with Crippen molar-refractivity contribution in [1.82, 2.24) is 34.6 Å². The van der Waals surface area contributed by atoms with Gasteiger partial charge < -0.3 is 20.4 Å². The highest BCUT2D eigenvalue weighted by atomic mass is 32.1. The molecule has 58 heavy (non-hydrogen) atoms. The highest BCUT2D eigenvalue weighted by Gasteiger charge is 2.32. The number of piperazine rings is 1. The molecule has 15 heteroatoms. The van der Waals surface area contributed by atoms with E-state index in [1.54, 1.807) is 16.2 Å². The van der Waals surface area contributed by atoms with E-state index in [2.05, 4.69) is 67.0 Å². The maximum atomic E-state index is 13.2. The van der Waals surface area contributed by atoms with E-state index in [1.807, 2.05) is 31.3 Å². The van der Waals surface area contributed by atoms with Crippen LogP contribution in [0.4, 0.5) is 17.1 Å². The number of piperidine rings is 2. The van der Waals surface area contributed by atoms with Gasteiger partial charge in [-0.1, -0.05) is 0 Å². The topological polar surface area (TPSA) is 150 Å². The predicted octanol–water partition coefficient (Wildman–Crippen LogP) is 4.73. The summed E-state index contributed by atoms with van der Waals surface area (Å²) in [6.45, 7) is 9.63. The monoisotopic (exact) mass is 798 g/mol. The maximum absolute atomic E-state index is 13.2. The molecule has 0 aliphatic carbocycles. The van der Waals surface area contributed by atoms with Gasteiger partial charge in [-0.3, -0.25) is 38.7 Å². The average Bonchev–Trinajstić information content (AvgIpc) is 3.69. The van der Waals surface area contributed by atoms with Gasteiger partial charge in [-0.15, -0.1) is 11.3 Å². The number of nitrogens with one attached hydrogen (secondary N) is 3. The first-order valence-corrected chi connectivity index (χ1v) is 21.1. The number of rotatable bonds is 6. The van der Waals surface area contributed by atoms with Gasteiger partial charge in [0, 0.05) is 93.0 Å². The first kappa shape index (κ1) is 36.5. The second kappa shape index (κ2) is 14.5. The number of thiophene rings is 1. The number of aromatic nitrogens is 4. The van der Waals surface area contributed by atoms with Crippen molar-refractivity contribution in [2.45, 2.75) is 44.7 Å². The van der Waals surface area contributed by atoms with E-state index >= 15 is 0 Å². The smallest absolute Gasteiger partial charge is 0.329 e. The largest absolute Gasteiger partial charge is 0.381 e. The molecule has 0 saturated carbocycles. The van der Waals surface area contributed by atoms with Crippen LogP contribution in [-0.4, -0.2) is 100 Å². The van der Waals surface area contributed by atoms with Gasteiger partial charge in [-0.2, -0.15) is 0 Å². The zero-order valence-electron chi connectivity index (χ0n) is 32.7. The van der Waals surface area contributed by atoms with Crippen molar-refractivity contribution in [3.8, 4) is 11.4 Å². The molecule has 0 bridgehead atoms. The van der Waals surface area contributed by atoms with Crippen LogP contribution in [0.15, 0.2) is 65.6 Å². The Labute approximate surface area is 338 Å². The number of imide groups is 1. The van der Waals surface area contributed by atoms with Crippen LogP contribution in [0.5, 0.6) is 0 Å². The minimum absolute atomic E-state index is 0.0272. The summed E-state index contributed by atoms with van der Waals surface area (Å²) in [6, 6.07) is 17.9. The van der Waals surface area contributed by atoms with Crippen LogP contribution in [0, 0.1) is 5.92 Å². The number of anilines is 3. The summed E-state index contributed by atoms with van der Waals surface area (Å²) in [5.41, 5.74) is 6.92. The van der Waals surface area contributed by atoms with Crippen molar-refractivity contribution in [3.63, 3.8) is 0 Å². The third-order valence-electron chi connectivity index (χ3n) is 12.5. The number of carbonyl (C=O) groups is 3. The Morgan fingerprint density at radius 2 is 1.60 bits per heavy atom. The van der Waals surface area contributed by atoms with E-state index in [0.29, 0.717) is 24.4 Å². The number of fused-ring (bicyclic) bond motifs is 6. The van der Waals surface area contributed by atoms with Crippen molar-refractivity contribution in [2.24, 2.45) is 13.0 Å². The summed E-state index contributed by atoms with van der Waals surface area (Å²) in [5.74, 6) is -0.104. The van der Waals surface area contributed by atoms with Gasteiger partial charge in [0.25, 0.3) is 5.91 Å². The van der Waals surface area contributed by atoms with Crippen molar-refractivity contribution in [1.29, 1.82) is 0 Å². The van der Waals surface area contributed by atoms with Gasteiger partial charge >= 0.3 is 5.69 Å². The van der Waals surface area contributed by atoms with Gasteiger partial charge in [0.1, 0.15) is 10.9 Å². The van der Waals surface area contributed by atoms with Crippen LogP contribution in [0.1, 0.15) is 48.3 Å². The van der Waals surface area contributed by atoms with E-state index < -0.39 is 11.9 Å². The molecule has 2 aromatic carbocycles. The minimum Gasteiger partial charge on any atom is -0.381 e. The first-order chi connectivity index (χ1) is 28.2. The summed E-state index contributed by atoms with van der Waals surface area (Å²) < 4.78 is 4.22. The summed E-state index contributed by atoms with van der Waals surface area (Å²) >= 11 is 1.52. The van der Waals surface area contributed by atoms with Crippen molar-refractivity contribution < 1.29 is 14.4 Å². The number of imidazole rings is 1. The molecule has 2 atom stereocenters. The van der Waals surface area contributed by atoms with Crippen LogP contribution in [0.2, 0.25) is 0 Å². The molecular formula is C43H46N10O4S. The zero-order chi connectivity index (χ0) is 39.7. The number of hydrogen-bond donors (Lipinski definition) is 3. The maximum Gasteiger partial charge on any atom is 0.329 e. The van der Waals surface area contributed by atoms with Crippen LogP contribution in [0.3, 0.4) is 0 Å². The number of amides is 3. The zero-order valence-corrected chi connectivity index (χ0v) is 33.5. The summed E-state index contributed by atoms with van der Waals surface area (Å²) in [6.07, 6.45) is 4.74. The number of carbonyl (C=O) groups excluding carboxylic acids is 3. The van der Waals surface area contributed by atoms with E-state index in [9.17, 15) is 19.2 Å². The Morgan fingerprint density at radius 3 is 2.38 bits per heavy atom. The normalized spacial score (nSPS) is 21.0. The fourth-order valence-electron chi connectivity index (χ4n) is 9.30. The lowest BCUT2D eigenvalue weighted by Gasteiger charge is -2.40. The molecular weight excluding hydrogens is 753 g/mol. The lowest BCUT2D eigenvalue weighted by molar-refractivity contribution is -0.135. The lowest BCUT2D eigenvalue weighted by atomic mass is 9.95. The van der Waals surface area contributed by atoms with Gasteiger partial charge in [0.05, 0.1) is 45.5 Å². The molecule has 6 aromatic rings. The molecule has 0 spiro atoms. The molecule has 3 fully saturated rings. The molecule has 14 nitrogen and oxygen atoms in total. The molecule has 8 heterocycles. The van der Waals surface area contributed by atoms with Crippen LogP contribution >= 0.6 is 11.3 Å². The highest BCUT2D eigenvalue weighted by molar-refractivity contribution is 7.21. The Bertz CT molecular complexity index is 2670. The lowest BCUT2D eigenvalue weighted by Crippen LogP contribution is -2.49. The number of hydrogen-bond acceptors (Lipinski definition) is 11. The molecule has 10 rings (SSSR count). The average molecular weight is 799 g/mol. The third kappa shape index (κ3) is 6.46. The Morgan fingerprint density at radius 1 is 0.828 bits per heavy atom. The van der Waals surface area contributed by atoms with Gasteiger partial charge in [0.2, 0.25) is 11.8 Å². The Balaban J connectivity index is 0.743. The molecule has 4 aliphatic rings. The number of aryl methyl sites for hydroxylation is 1. The standard InChI is InChI=1S/C43H46N10O4S/c1-25-22-45-39-38-29-5-7-32(47-30(29)8-11-36(38)58-40(39)42(56)46-25)31-6-3-28(23-44-31)52-19-17-50(18-20-52)24-26-13-15-51(16-14-26)27-4-9-33-35(21-27)49(2)43(57)53(33)34-10-12-37(54)48-41(34)55/h3-9,11,21,23,25-26,34,45H,10,12-20,22,24H2,1-2H3,(H,46,56)(H,48,54,55)/t25-,34?/m1/s1. The predicted molar refractivity (Wildman–Crippen MR) is 228 cm³/mol. The number of nitrogens with zero attached hydrogens (tertiary/aromatic N) is 7. The molecule has 4 aromatic heterocycles. The van der Waals surface area contributed by atoms with Crippen molar-refractivity contribution in [3.05, 3.63) is 76.2 Å². The van der Waals surface area contributed by atoms with Gasteiger partial charge in [0.15, 0.2) is 0 Å². The van der Waals surface area contributed by atoms with Gasteiger partial charge in [-0.25, -0.2) is 9.78 Å². The van der Waals surface area contributed by atoms with Crippen LogP contribution in [-0.2, 0) is 16.6 Å².